The molecule has 1 heterocycles. The number of carbonyl (C=O) groups is 2. The largest absolute Gasteiger partial charge is 0.476 e. The highest BCUT2D eigenvalue weighted by Gasteiger charge is 2.30. The van der Waals surface area contributed by atoms with Crippen molar-refractivity contribution < 1.29 is 19.4 Å². The third-order valence-electron chi connectivity index (χ3n) is 5.71. The zero-order valence-electron chi connectivity index (χ0n) is 17.4. The third kappa shape index (κ3) is 3.88. The van der Waals surface area contributed by atoms with E-state index in [9.17, 15) is 14.7 Å². The monoisotopic (exact) mass is 420 g/mol. The molecule has 0 radical (unpaired) electrons. The van der Waals surface area contributed by atoms with Crippen LogP contribution in [0.15, 0.2) is 48.5 Å². The minimum absolute atomic E-state index is 0.0124. The smallest absolute Gasteiger partial charge is 0.409 e. The number of benzene rings is 2. The number of fused-ring (bicyclic) bond motifs is 3. The molecular formula is C23H24N4O4. The molecule has 8 nitrogen and oxygen atoms in total. The second-order valence-electron chi connectivity index (χ2n) is 7.61. The summed E-state index contributed by atoms with van der Waals surface area (Å²) in [5.74, 6) is -1.48. The summed E-state index contributed by atoms with van der Waals surface area (Å²) in [5, 5.41) is 19.2. The fourth-order valence-corrected chi connectivity index (χ4v) is 4.18. The number of amides is 1. The van der Waals surface area contributed by atoms with Crippen LogP contribution in [0.1, 0.15) is 53.0 Å². The minimum atomic E-state index is -1.15. The first-order chi connectivity index (χ1) is 15.0. The van der Waals surface area contributed by atoms with Gasteiger partial charge in [0.15, 0.2) is 5.69 Å². The number of H-pyrrole nitrogens is 1. The Hall–Kier alpha value is -3.68. The van der Waals surface area contributed by atoms with Gasteiger partial charge < -0.3 is 14.7 Å². The zero-order chi connectivity index (χ0) is 22.0. The van der Waals surface area contributed by atoms with Crippen LogP contribution in [0, 0.1) is 0 Å². The molecule has 1 atom stereocenters. The first kappa shape index (κ1) is 20.6. The van der Waals surface area contributed by atoms with E-state index < -0.39 is 12.1 Å². The van der Waals surface area contributed by atoms with Gasteiger partial charge in [0, 0.05) is 24.9 Å². The Morgan fingerprint density at radius 3 is 2.29 bits per heavy atom. The fraction of sp³-hybridized carbons (Fsp3) is 0.304. The van der Waals surface area contributed by atoms with Crippen molar-refractivity contribution in [2.45, 2.75) is 25.7 Å². The summed E-state index contributed by atoms with van der Waals surface area (Å²) >= 11 is 0. The molecule has 1 aromatic heterocycles. The van der Waals surface area contributed by atoms with Gasteiger partial charge in [0.05, 0.1) is 0 Å². The Morgan fingerprint density at radius 1 is 1.10 bits per heavy atom. The second-order valence-corrected chi connectivity index (χ2v) is 7.61. The number of rotatable bonds is 7. The van der Waals surface area contributed by atoms with Crippen LogP contribution < -0.4 is 0 Å². The lowest BCUT2D eigenvalue weighted by Gasteiger charge is -2.24. The van der Waals surface area contributed by atoms with Gasteiger partial charge in [0.2, 0.25) is 0 Å². The van der Waals surface area contributed by atoms with Crippen molar-refractivity contribution in [1.29, 1.82) is 0 Å². The summed E-state index contributed by atoms with van der Waals surface area (Å²) in [6, 6.07) is 16.4. The van der Waals surface area contributed by atoms with Crippen LogP contribution in [0.4, 0.5) is 4.79 Å². The summed E-state index contributed by atoms with van der Waals surface area (Å²) in [6.07, 6.45) is -0.434. The number of carbonyl (C=O) groups excluding carboxylic acids is 1. The summed E-state index contributed by atoms with van der Waals surface area (Å²) in [5.41, 5.74) is 4.84. The third-order valence-corrected chi connectivity index (χ3v) is 5.71. The van der Waals surface area contributed by atoms with Gasteiger partial charge in [-0.05, 0) is 29.2 Å². The van der Waals surface area contributed by atoms with Crippen molar-refractivity contribution in [2.75, 3.05) is 19.7 Å². The number of ether oxygens (including phenoxy) is 1. The Morgan fingerprint density at radius 2 is 1.71 bits per heavy atom. The molecule has 0 fully saturated rings. The molecule has 8 heteroatoms. The van der Waals surface area contributed by atoms with Gasteiger partial charge in [-0.2, -0.15) is 10.3 Å². The molecule has 0 saturated carbocycles. The van der Waals surface area contributed by atoms with E-state index in [1.807, 2.05) is 38.1 Å². The molecule has 0 spiro atoms. The van der Waals surface area contributed by atoms with Crippen LogP contribution in [-0.4, -0.2) is 57.2 Å². The van der Waals surface area contributed by atoms with Gasteiger partial charge in [0.1, 0.15) is 12.3 Å². The average Bonchev–Trinajstić information content (AvgIpc) is 3.39. The minimum Gasteiger partial charge on any atom is -0.476 e. The number of nitrogens with one attached hydrogen (secondary N) is 1. The van der Waals surface area contributed by atoms with Crippen molar-refractivity contribution in [1.82, 2.24) is 20.3 Å². The van der Waals surface area contributed by atoms with E-state index in [1.54, 1.807) is 4.90 Å². The van der Waals surface area contributed by atoms with Crippen LogP contribution in [0.5, 0.6) is 0 Å². The lowest BCUT2D eigenvalue weighted by Crippen LogP contribution is -2.35. The highest BCUT2D eigenvalue weighted by Crippen LogP contribution is 2.44. The quantitative estimate of drug-likeness (QED) is 0.601. The van der Waals surface area contributed by atoms with Gasteiger partial charge in [-0.1, -0.05) is 55.5 Å². The predicted octanol–water partition coefficient (Wildman–Crippen LogP) is 3.88. The summed E-state index contributed by atoms with van der Waals surface area (Å²) in [4.78, 5) is 25.7. The predicted molar refractivity (Wildman–Crippen MR) is 114 cm³/mol. The van der Waals surface area contributed by atoms with Gasteiger partial charge >= 0.3 is 12.1 Å². The van der Waals surface area contributed by atoms with Crippen molar-refractivity contribution in [3.63, 3.8) is 0 Å². The molecule has 160 valence electrons. The summed E-state index contributed by atoms with van der Waals surface area (Å²) in [6.45, 7) is 4.61. The van der Waals surface area contributed by atoms with E-state index in [0.717, 1.165) is 11.1 Å². The number of likely N-dealkylation sites (N-methyl/N-ethyl adjacent to an activating group) is 1. The highest BCUT2D eigenvalue weighted by molar-refractivity contribution is 5.86. The molecule has 2 N–H and O–H groups in total. The van der Waals surface area contributed by atoms with E-state index in [4.69, 9.17) is 4.74 Å². The Balaban J connectivity index is 1.45. The van der Waals surface area contributed by atoms with Crippen LogP contribution >= 0.6 is 0 Å². The molecule has 0 saturated heterocycles. The van der Waals surface area contributed by atoms with E-state index in [2.05, 4.69) is 39.7 Å². The number of nitrogens with zero attached hydrogens (tertiary/aromatic N) is 3. The molecule has 2 aromatic carbocycles. The first-order valence-corrected chi connectivity index (χ1v) is 10.2. The van der Waals surface area contributed by atoms with Gasteiger partial charge in [-0.15, -0.1) is 5.10 Å². The van der Waals surface area contributed by atoms with Gasteiger partial charge in [0.25, 0.3) is 0 Å². The Labute approximate surface area is 179 Å². The SMILES string of the molecule is CCN(CC(C)c1n[nH]nc1C(=O)O)C(=O)OCC1c2ccccc2-c2ccccc21. The number of carboxylic acid groups (broad SMARTS) is 1. The van der Waals surface area contributed by atoms with Crippen molar-refractivity contribution >= 4 is 12.1 Å². The number of hydrogen-bond acceptors (Lipinski definition) is 5. The van der Waals surface area contributed by atoms with E-state index in [1.165, 1.54) is 11.1 Å². The maximum Gasteiger partial charge on any atom is 0.409 e. The fourth-order valence-electron chi connectivity index (χ4n) is 4.18. The van der Waals surface area contributed by atoms with Crippen molar-refractivity contribution in [3.05, 3.63) is 71.0 Å². The molecule has 31 heavy (non-hydrogen) atoms. The number of aromatic amines is 1. The maximum absolute atomic E-state index is 12.8. The normalized spacial score (nSPS) is 13.4. The molecule has 1 unspecified atom stereocenters. The van der Waals surface area contributed by atoms with E-state index >= 15 is 0 Å². The maximum atomic E-state index is 12.8. The zero-order valence-corrected chi connectivity index (χ0v) is 17.4. The highest BCUT2D eigenvalue weighted by atomic mass is 16.6. The lowest BCUT2D eigenvalue weighted by molar-refractivity contribution is 0.0688. The molecule has 1 aliphatic carbocycles. The first-order valence-electron chi connectivity index (χ1n) is 10.2. The van der Waals surface area contributed by atoms with Gasteiger partial charge in [-0.3, -0.25) is 0 Å². The second kappa shape index (κ2) is 8.59. The standard InChI is InChI=1S/C23H24N4O4/c1-3-27(12-14(2)20-21(22(28)29)25-26-24-20)23(30)31-13-19-17-10-6-4-8-15(17)16-9-5-7-11-18(16)19/h4-11,14,19H,3,12-13H2,1-2H3,(H,28,29)(H,24,25,26). The van der Waals surface area contributed by atoms with E-state index in [0.29, 0.717) is 12.2 Å². The van der Waals surface area contributed by atoms with Crippen LogP contribution in [0.25, 0.3) is 11.1 Å². The van der Waals surface area contributed by atoms with Crippen LogP contribution in [-0.2, 0) is 4.74 Å². The number of carboxylic acids is 1. The molecule has 0 aliphatic heterocycles. The average molecular weight is 420 g/mol. The van der Waals surface area contributed by atoms with Crippen molar-refractivity contribution in [3.8, 4) is 11.1 Å². The number of aromatic carboxylic acids is 1. The number of hydrogen-bond donors (Lipinski definition) is 2. The Kier molecular flexibility index (Phi) is 5.70. The van der Waals surface area contributed by atoms with Crippen LogP contribution in [0.3, 0.4) is 0 Å². The molecule has 1 aliphatic rings. The molecule has 3 aromatic rings. The molecular weight excluding hydrogens is 396 g/mol. The van der Waals surface area contributed by atoms with Gasteiger partial charge in [-0.25, -0.2) is 9.59 Å². The molecule has 0 bridgehead atoms. The van der Waals surface area contributed by atoms with Crippen molar-refractivity contribution in [2.24, 2.45) is 0 Å². The number of aromatic nitrogens is 3. The van der Waals surface area contributed by atoms with Crippen LogP contribution in [0.2, 0.25) is 0 Å². The van der Waals surface area contributed by atoms with E-state index in [-0.39, 0.29) is 30.7 Å². The molecule has 4 rings (SSSR count). The summed E-state index contributed by atoms with van der Waals surface area (Å²) in [7, 11) is 0. The topological polar surface area (TPSA) is 108 Å². The lowest BCUT2D eigenvalue weighted by atomic mass is 9.98. The Bertz CT molecular complexity index is 1060. The molecule has 1 amide bonds. The summed E-state index contributed by atoms with van der Waals surface area (Å²) < 4.78 is 5.72.